The molecule has 190 valence electrons. The molecule has 0 aliphatic rings. The van der Waals surface area contributed by atoms with Crippen molar-refractivity contribution in [1.29, 1.82) is 0 Å². The number of urea groups is 1. The molecule has 0 fully saturated rings. The summed E-state index contributed by atoms with van der Waals surface area (Å²) in [5.74, 6) is -0.218. The van der Waals surface area contributed by atoms with Gasteiger partial charge in [-0.25, -0.2) is 4.79 Å². The molecule has 4 aromatic rings. The Morgan fingerprint density at radius 1 is 0.838 bits per heavy atom. The van der Waals surface area contributed by atoms with Gasteiger partial charge in [-0.05, 0) is 72.1 Å². The lowest BCUT2D eigenvalue weighted by Gasteiger charge is -2.24. The molecular weight excluding hydrogens is 480 g/mol. The third-order valence-corrected chi connectivity index (χ3v) is 6.92. The molecule has 6 heteroatoms. The summed E-state index contributed by atoms with van der Waals surface area (Å²) < 4.78 is 5.03. The molecule has 4 rings (SSSR count). The zero-order valence-electron chi connectivity index (χ0n) is 21.3. The van der Waals surface area contributed by atoms with Crippen LogP contribution in [0, 0.1) is 0 Å². The number of hydrogen-bond acceptors (Lipinski definition) is 4. The van der Waals surface area contributed by atoms with E-state index in [0.29, 0.717) is 13.2 Å². The first-order chi connectivity index (χ1) is 18.1. The summed E-state index contributed by atoms with van der Waals surface area (Å²) in [7, 11) is 0. The van der Waals surface area contributed by atoms with E-state index in [2.05, 4.69) is 18.3 Å². The van der Waals surface area contributed by atoms with Crippen LogP contribution in [0.5, 0.6) is 0 Å². The van der Waals surface area contributed by atoms with E-state index in [1.54, 1.807) is 11.8 Å². The molecule has 0 aliphatic carbocycles. The second-order valence-corrected chi connectivity index (χ2v) is 9.87. The van der Waals surface area contributed by atoms with Crippen molar-refractivity contribution in [3.63, 3.8) is 0 Å². The number of ether oxygens (including phenoxy) is 1. The topological polar surface area (TPSA) is 58.6 Å². The third kappa shape index (κ3) is 7.37. The Balaban J connectivity index is 1.48. The Morgan fingerprint density at radius 2 is 1.62 bits per heavy atom. The number of rotatable bonds is 10. The van der Waals surface area contributed by atoms with Crippen molar-refractivity contribution >= 4 is 45.9 Å². The molecule has 0 bridgehead atoms. The van der Waals surface area contributed by atoms with Gasteiger partial charge < -0.3 is 10.1 Å². The Labute approximate surface area is 222 Å². The van der Waals surface area contributed by atoms with Crippen molar-refractivity contribution in [1.82, 2.24) is 0 Å². The van der Waals surface area contributed by atoms with Gasteiger partial charge >= 0.3 is 12.0 Å². The summed E-state index contributed by atoms with van der Waals surface area (Å²) in [5.41, 5.74) is 2.56. The number of benzene rings is 4. The van der Waals surface area contributed by atoms with Gasteiger partial charge in [0.15, 0.2) is 0 Å². The number of amides is 2. The van der Waals surface area contributed by atoms with Crippen LogP contribution < -0.4 is 10.2 Å². The largest absolute Gasteiger partial charge is 0.466 e. The van der Waals surface area contributed by atoms with E-state index in [1.165, 1.54) is 0 Å². The fourth-order valence-corrected chi connectivity index (χ4v) is 4.90. The lowest BCUT2D eigenvalue weighted by molar-refractivity contribution is -0.142. The number of fused-ring (bicyclic) bond motifs is 1. The number of esters is 1. The smallest absolute Gasteiger partial charge is 0.326 e. The molecule has 0 unspecified atom stereocenters. The number of unbranched alkanes of at least 4 members (excludes halogenated alkanes) is 1. The molecule has 4 aromatic carbocycles. The minimum atomic E-state index is -0.218. The summed E-state index contributed by atoms with van der Waals surface area (Å²) in [5, 5.41) is 5.31. The highest BCUT2D eigenvalue weighted by atomic mass is 32.2. The molecule has 0 radical (unpaired) electrons. The molecule has 0 heterocycles. The van der Waals surface area contributed by atoms with Crippen LogP contribution in [0.4, 0.5) is 16.2 Å². The highest BCUT2D eigenvalue weighted by molar-refractivity contribution is 7.99. The van der Waals surface area contributed by atoms with Crippen molar-refractivity contribution in [3.8, 4) is 0 Å². The number of anilines is 2. The zero-order chi connectivity index (χ0) is 26.0. The minimum Gasteiger partial charge on any atom is -0.466 e. The van der Waals surface area contributed by atoms with E-state index in [-0.39, 0.29) is 18.4 Å². The van der Waals surface area contributed by atoms with Crippen LogP contribution in [-0.4, -0.2) is 25.2 Å². The molecule has 0 aliphatic heterocycles. The van der Waals surface area contributed by atoms with Gasteiger partial charge in [-0.1, -0.05) is 73.6 Å². The first kappa shape index (κ1) is 26.3. The molecule has 0 saturated carbocycles. The van der Waals surface area contributed by atoms with Crippen molar-refractivity contribution in [2.24, 2.45) is 0 Å². The fraction of sp³-hybridized carbons (Fsp3) is 0.226. The van der Waals surface area contributed by atoms with Gasteiger partial charge in [-0.3, -0.25) is 9.69 Å². The van der Waals surface area contributed by atoms with E-state index in [1.807, 2.05) is 96.8 Å². The predicted octanol–water partition coefficient (Wildman–Crippen LogP) is 7.94. The molecule has 0 aromatic heterocycles. The lowest BCUT2D eigenvalue weighted by atomic mass is 10.1. The summed E-state index contributed by atoms with van der Waals surface area (Å²) in [6.45, 7) is 4.95. The van der Waals surface area contributed by atoms with Crippen LogP contribution in [0.2, 0.25) is 0 Å². The van der Waals surface area contributed by atoms with E-state index in [0.717, 1.165) is 50.3 Å². The number of carbonyl (C=O) groups excluding carboxylic acids is 2. The monoisotopic (exact) mass is 512 g/mol. The molecule has 1 N–H and O–H groups in total. The highest BCUT2D eigenvalue weighted by Crippen LogP contribution is 2.31. The highest BCUT2D eigenvalue weighted by Gasteiger charge is 2.16. The molecule has 5 nitrogen and oxygen atoms in total. The van der Waals surface area contributed by atoms with Gasteiger partial charge in [-0.2, -0.15) is 0 Å². The first-order valence-electron chi connectivity index (χ1n) is 12.7. The van der Waals surface area contributed by atoms with Crippen molar-refractivity contribution in [3.05, 3.63) is 96.6 Å². The van der Waals surface area contributed by atoms with E-state index < -0.39 is 0 Å². The fourth-order valence-electron chi connectivity index (χ4n) is 4.03. The Kier molecular flexibility index (Phi) is 9.22. The first-order valence-corrected chi connectivity index (χ1v) is 13.5. The van der Waals surface area contributed by atoms with Crippen LogP contribution in [0.1, 0.15) is 32.3 Å². The maximum absolute atomic E-state index is 13.4. The van der Waals surface area contributed by atoms with Gasteiger partial charge in [0, 0.05) is 27.7 Å². The molecule has 0 saturated heterocycles. The standard InChI is InChI=1S/C31H32N2O3S/c1-3-5-19-33(31(35)32-26-16-15-24-9-6-7-10-25(24)21-26)27-11-8-12-29(22-27)37-28-17-13-23(14-18-28)20-30(34)36-4-2/h6-18,21-22H,3-5,19-20H2,1-2H3,(H,32,35). The summed E-state index contributed by atoms with van der Waals surface area (Å²) >= 11 is 1.62. The second-order valence-electron chi connectivity index (χ2n) is 8.72. The quantitative estimate of drug-likeness (QED) is 0.219. The predicted molar refractivity (Wildman–Crippen MR) is 153 cm³/mol. The summed E-state index contributed by atoms with van der Waals surface area (Å²) in [6, 6.07) is 29.9. The van der Waals surface area contributed by atoms with Crippen LogP contribution in [0.25, 0.3) is 10.8 Å². The lowest BCUT2D eigenvalue weighted by Crippen LogP contribution is -2.35. The third-order valence-electron chi connectivity index (χ3n) is 5.92. The Hall–Kier alpha value is -3.77. The number of nitrogens with zero attached hydrogens (tertiary/aromatic N) is 1. The maximum Gasteiger partial charge on any atom is 0.326 e. The Bertz CT molecular complexity index is 1350. The van der Waals surface area contributed by atoms with E-state index in [9.17, 15) is 9.59 Å². The summed E-state index contributed by atoms with van der Waals surface area (Å²) in [4.78, 5) is 29.0. The molecule has 0 spiro atoms. The number of nitrogens with one attached hydrogen (secondary N) is 1. The number of carbonyl (C=O) groups is 2. The van der Waals surface area contributed by atoms with Gasteiger partial charge in [0.1, 0.15) is 0 Å². The van der Waals surface area contributed by atoms with Gasteiger partial charge in [0.05, 0.1) is 13.0 Å². The Morgan fingerprint density at radius 3 is 2.38 bits per heavy atom. The van der Waals surface area contributed by atoms with Crippen LogP contribution in [0.15, 0.2) is 101 Å². The summed E-state index contributed by atoms with van der Waals surface area (Å²) in [6.07, 6.45) is 2.17. The van der Waals surface area contributed by atoms with Gasteiger partial charge in [0.2, 0.25) is 0 Å². The minimum absolute atomic E-state index is 0.144. The van der Waals surface area contributed by atoms with Gasteiger partial charge in [-0.15, -0.1) is 0 Å². The van der Waals surface area contributed by atoms with Crippen molar-refractivity contribution < 1.29 is 14.3 Å². The van der Waals surface area contributed by atoms with Crippen LogP contribution >= 0.6 is 11.8 Å². The maximum atomic E-state index is 13.4. The zero-order valence-corrected chi connectivity index (χ0v) is 22.1. The van der Waals surface area contributed by atoms with Crippen LogP contribution in [-0.2, 0) is 16.0 Å². The van der Waals surface area contributed by atoms with Crippen molar-refractivity contribution in [2.45, 2.75) is 42.9 Å². The van der Waals surface area contributed by atoms with E-state index >= 15 is 0 Å². The SMILES string of the molecule is CCCCN(C(=O)Nc1ccc2ccccc2c1)c1cccc(Sc2ccc(CC(=O)OCC)cc2)c1. The molecule has 37 heavy (non-hydrogen) atoms. The number of hydrogen-bond donors (Lipinski definition) is 1. The second kappa shape index (κ2) is 13.0. The molecular formula is C31H32N2O3S. The van der Waals surface area contributed by atoms with Crippen molar-refractivity contribution in [2.75, 3.05) is 23.4 Å². The average molecular weight is 513 g/mol. The molecule has 2 amide bonds. The van der Waals surface area contributed by atoms with Gasteiger partial charge in [0.25, 0.3) is 0 Å². The average Bonchev–Trinajstić information content (AvgIpc) is 2.90. The normalized spacial score (nSPS) is 10.8. The van der Waals surface area contributed by atoms with E-state index in [4.69, 9.17) is 4.74 Å². The molecule has 0 atom stereocenters. The van der Waals surface area contributed by atoms with Crippen LogP contribution in [0.3, 0.4) is 0 Å².